The van der Waals surface area contributed by atoms with E-state index in [4.69, 9.17) is 9.90 Å². The largest absolute Gasteiger partial charge is 0.490 e. The fraction of sp³-hybridized carbons (Fsp3) is 0.571. The number of anilines is 2. The number of hydrogen-bond donors (Lipinski definition) is 3. The molecule has 0 aliphatic carbocycles. The minimum Gasteiger partial charge on any atom is -0.478 e. The van der Waals surface area contributed by atoms with Gasteiger partial charge in [0.1, 0.15) is 0 Å². The van der Waals surface area contributed by atoms with Gasteiger partial charge in [-0.3, -0.25) is 14.4 Å². The van der Waals surface area contributed by atoms with Crippen molar-refractivity contribution in [2.45, 2.75) is 25.4 Å². The first-order valence-corrected chi connectivity index (χ1v) is 13.0. The summed E-state index contributed by atoms with van der Waals surface area (Å²) in [5.74, 6) is -3.77. The normalized spacial score (nSPS) is 17.1. The van der Waals surface area contributed by atoms with Gasteiger partial charge in [0.2, 0.25) is 15.9 Å². The standard InChI is InChI=1S/C19H28N4O5S.C2HF3O2/c1-29(27,28)20-17-6-5-15(13-16(17)19(25)26)22-11-9-21(10-12-22)14-18(24)23-7-3-2-4-8-23;3-2(4,5)1(6)7/h5-6,13,20H,2-4,7-12,14H2,1H3,(H,25,26);(H,6,7). The molecule has 2 heterocycles. The van der Waals surface area contributed by atoms with Gasteiger partial charge >= 0.3 is 18.1 Å². The number of halogens is 3. The van der Waals surface area contributed by atoms with Crippen LogP contribution in [0.2, 0.25) is 0 Å². The Morgan fingerprint density at radius 3 is 2.00 bits per heavy atom. The Kier molecular flexibility index (Phi) is 9.93. The number of likely N-dealkylation sites (tertiary alicyclic amines) is 1. The fourth-order valence-corrected chi connectivity index (χ4v) is 4.37. The van der Waals surface area contributed by atoms with Crippen molar-refractivity contribution in [3.63, 3.8) is 0 Å². The van der Waals surface area contributed by atoms with Crippen molar-refractivity contribution in [3.05, 3.63) is 23.8 Å². The van der Waals surface area contributed by atoms with Gasteiger partial charge in [-0.05, 0) is 37.5 Å². The molecule has 3 rings (SSSR count). The van der Waals surface area contributed by atoms with Crippen molar-refractivity contribution in [2.75, 3.05) is 61.7 Å². The summed E-state index contributed by atoms with van der Waals surface area (Å²) in [5, 5.41) is 16.6. The summed E-state index contributed by atoms with van der Waals surface area (Å²) in [6, 6.07) is 4.69. The van der Waals surface area contributed by atoms with E-state index >= 15 is 0 Å². The van der Waals surface area contributed by atoms with Crippen molar-refractivity contribution in [1.82, 2.24) is 9.80 Å². The Balaban J connectivity index is 0.000000572. The van der Waals surface area contributed by atoms with Crippen LogP contribution < -0.4 is 9.62 Å². The van der Waals surface area contributed by atoms with Crippen LogP contribution in [0.25, 0.3) is 0 Å². The number of carbonyl (C=O) groups excluding carboxylic acids is 1. The van der Waals surface area contributed by atoms with Gasteiger partial charge in [-0.2, -0.15) is 13.2 Å². The minimum atomic E-state index is -5.08. The molecule has 0 bridgehead atoms. The van der Waals surface area contributed by atoms with E-state index in [1.807, 2.05) is 4.90 Å². The molecule has 11 nitrogen and oxygen atoms in total. The number of aliphatic carboxylic acids is 1. The monoisotopic (exact) mass is 538 g/mol. The van der Waals surface area contributed by atoms with Crippen molar-refractivity contribution < 1.29 is 46.2 Å². The summed E-state index contributed by atoms with van der Waals surface area (Å²) in [5.41, 5.74) is 0.689. The molecule has 0 aromatic heterocycles. The maximum atomic E-state index is 12.4. The number of carbonyl (C=O) groups is 3. The van der Waals surface area contributed by atoms with Gasteiger partial charge in [-0.1, -0.05) is 0 Å². The SMILES string of the molecule is CS(=O)(=O)Nc1ccc(N2CCN(CC(=O)N3CCCCC3)CC2)cc1C(=O)O.O=C(O)C(F)(F)F. The molecule has 15 heteroatoms. The number of alkyl halides is 3. The molecular weight excluding hydrogens is 509 g/mol. The van der Waals surface area contributed by atoms with Gasteiger partial charge in [0.15, 0.2) is 0 Å². The summed E-state index contributed by atoms with van der Waals surface area (Å²) in [4.78, 5) is 39.0. The van der Waals surface area contributed by atoms with E-state index in [1.54, 1.807) is 6.07 Å². The number of carboxylic acid groups (broad SMARTS) is 2. The summed E-state index contributed by atoms with van der Waals surface area (Å²) >= 11 is 0. The van der Waals surface area contributed by atoms with E-state index in [1.165, 1.54) is 18.6 Å². The molecule has 0 unspecified atom stereocenters. The molecule has 2 saturated heterocycles. The molecule has 1 aromatic carbocycles. The van der Waals surface area contributed by atoms with Crippen LogP contribution in [0, 0.1) is 0 Å². The van der Waals surface area contributed by atoms with E-state index in [-0.39, 0.29) is 17.2 Å². The van der Waals surface area contributed by atoms with E-state index in [0.717, 1.165) is 37.9 Å². The molecule has 1 aromatic rings. The number of piperazine rings is 1. The maximum absolute atomic E-state index is 12.4. The second-order valence-corrected chi connectivity index (χ2v) is 10.2. The van der Waals surface area contributed by atoms with Crippen LogP contribution in [-0.4, -0.2) is 105 Å². The zero-order valence-corrected chi connectivity index (χ0v) is 20.4. The van der Waals surface area contributed by atoms with Crippen LogP contribution in [0.5, 0.6) is 0 Å². The molecule has 0 saturated carbocycles. The third-order valence-electron chi connectivity index (χ3n) is 5.58. The summed E-state index contributed by atoms with van der Waals surface area (Å²) in [6.45, 7) is 4.90. The summed E-state index contributed by atoms with van der Waals surface area (Å²) in [7, 11) is -3.57. The number of nitrogens with zero attached hydrogens (tertiary/aromatic N) is 3. The molecular formula is C21H29F3N4O7S. The number of rotatable bonds is 6. The van der Waals surface area contributed by atoms with Gasteiger partial charge in [0, 0.05) is 45.0 Å². The first-order chi connectivity index (χ1) is 16.7. The van der Waals surface area contributed by atoms with E-state index < -0.39 is 28.1 Å². The van der Waals surface area contributed by atoms with Crippen LogP contribution in [0.15, 0.2) is 18.2 Å². The highest BCUT2D eigenvalue weighted by Gasteiger charge is 2.38. The van der Waals surface area contributed by atoms with Crippen molar-refractivity contribution in [3.8, 4) is 0 Å². The molecule has 1 amide bonds. The predicted molar refractivity (Wildman–Crippen MR) is 125 cm³/mol. The van der Waals surface area contributed by atoms with E-state index in [9.17, 15) is 36.3 Å². The molecule has 0 spiro atoms. The molecule has 2 aliphatic rings. The molecule has 3 N–H and O–H groups in total. The Morgan fingerprint density at radius 1 is 0.972 bits per heavy atom. The quantitative estimate of drug-likeness (QED) is 0.490. The summed E-state index contributed by atoms with van der Waals surface area (Å²) in [6.07, 6.45) is -0.749. The molecule has 2 fully saturated rings. The lowest BCUT2D eigenvalue weighted by atomic mass is 10.1. The first-order valence-electron chi connectivity index (χ1n) is 11.1. The number of sulfonamides is 1. The van der Waals surface area contributed by atoms with Crippen molar-refractivity contribution in [1.29, 1.82) is 0 Å². The van der Waals surface area contributed by atoms with Crippen LogP contribution in [0.4, 0.5) is 24.5 Å². The molecule has 0 radical (unpaired) electrons. The number of piperidine rings is 1. The topological polar surface area (TPSA) is 148 Å². The molecule has 0 atom stereocenters. The zero-order chi connectivity index (χ0) is 27.1. The average molecular weight is 539 g/mol. The molecule has 202 valence electrons. The van der Waals surface area contributed by atoms with E-state index in [2.05, 4.69) is 14.5 Å². The van der Waals surface area contributed by atoms with E-state index in [0.29, 0.717) is 32.7 Å². The number of carboxylic acids is 2. The second kappa shape index (κ2) is 12.3. The molecule has 2 aliphatic heterocycles. The molecule has 36 heavy (non-hydrogen) atoms. The van der Waals surface area contributed by atoms with Gasteiger partial charge in [0.25, 0.3) is 0 Å². The predicted octanol–water partition coefficient (Wildman–Crippen LogP) is 1.52. The average Bonchev–Trinajstić information content (AvgIpc) is 2.79. The highest BCUT2D eigenvalue weighted by molar-refractivity contribution is 7.92. The first kappa shape index (κ1) is 29.2. The highest BCUT2D eigenvalue weighted by Crippen LogP contribution is 2.25. The lowest BCUT2D eigenvalue weighted by molar-refractivity contribution is -0.192. The maximum Gasteiger partial charge on any atom is 0.490 e. The Labute approximate surface area is 206 Å². The Morgan fingerprint density at radius 2 is 1.53 bits per heavy atom. The van der Waals surface area contributed by atoms with Crippen LogP contribution >= 0.6 is 0 Å². The third-order valence-corrected chi connectivity index (χ3v) is 6.17. The minimum absolute atomic E-state index is 0.0505. The number of benzene rings is 1. The lowest BCUT2D eigenvalue weighted by Gasteiger charge is -2.37. The Hall–Kier alpha value is -3.07. The Bertz CT molecular complexity index is 1050. The number of amides is 1. The lowest BCUT2D eigenvalue weighted by Crippen LogP contribution is -2.50. The third kappa shape index (κ3) is 9.18. The number of hydrogen-bond acceptors (Lipinski definition) is 7. The number of nitrogens with one attached hydrogen (secondary N) is 1. The smallest absolute Gasteiger partial charge is 0.478 e. The fourth-order valence-electron chi connectivity index (χ4n) is 3.79. The zero-order valence-electron chi connectivity index (χ0n) is 19.6. The van der Waals surface area contributed by atoms with Crippen molar-refractivity contribution >= 4 is 39.2 Å². The summed E-state index contributed by atoms with van der Waals surface area (Å²) < 4.78 is 56.9. The van der Waals surface area contributed by atoms with Crippen molar-refractivity contribution in [2.24, 2.45) is 0 Å². The van der Waals surface area contributed by atoms with Gasteiger partial charge in [0.05, 0.1) is 24.1 Å². The van der Waals surface area contributed by atoms with Gasteiger partial charge in [-0.25, -0.2) is 18.0 Å². The second-order valence-electron chi connectivity index (χ2n) is 8.42. The van der Waals surface area contributed by atoms with Crippen LogP contribution in [0.1, 0.15) is 29.6 Å². The van der Waals surface area contributed by atoms with Crippen LogP contribution in [0.3, 0.4) is 0 Å². The van der Waals surface area contributed by atoms with Gasteiger partial charge in [-0.15, -0.1) is 0 Å². The van der Waals surface area contributed by atoms with Gasteiger partial charge < -0.3 is 20.0 Å². The highest BCUT2D eigenvalue weighted by atomic mass is 32.2. The van der Waals surface area contributed by atoms with Crippen LogP contribution in [-0.2, 0) is 19.6 Å². The number of aromatic carboxylic acids is 1.